The Kier molecular flexibility index (Phi) is 3.45. The van der Waals surface area contributed by atoms with Gasteiger partial charge in [-0.15, -0.1) is 0 Å². The number of methoxy groups -OCH3 is 1. The summed E-state index contributed by atoms with van der Waals surface area (Å²) in [5.74, 6) is 6.60. The van der Waals surface area contributed by atoms with E-state index in [9.17, 15) is 0 Å². The highest BCUT2D eigenvalue weighted by atomic mass is 32.1. The number of thiophene rings is 1. The van der Waals surface area contributed by atoms with Crippen LogP contribution in [0.25, 0.3) is 11.4 Å². The lowest BCUT2D eigenvalue weighted by Gasteiger charge is -2.05. The van der Waals surface area contributed by atoms with Gasteiger partial charge in [0.15, 0.2) is 5.82 Å². The van der Waals surface area contributed by atoms with Crippen molar-refractivity contribution in [3.63, 3.8) is 0 Å². The minimum Gasteiger partial charge on any atom is -0.378 e. The van der Waals surface area contributed by atoms with Crippen molar-refractivity contribution in [1.29, 1.82) is 0 Å². The zero-order valence-corrected chi connectivity index (χ0v) is 9.62. The average molecular weight is 236 g/mol. The number of aromatic nitrogens is 2. The molecule has 0 bridgehead atoms. The lowest BCUT2D eigenvalue weighted by molar-refractivity contribution is 0.181. The van der Waals surface area contributed by atoms with Gasteiger partial charge in [0.2, 0.25) is 0 Å². The number of hydrazine groups is 1. The van der Waals surface area contributed by atoms with Gasteiger partial charge in [-0.1, -0.05) is 0 Å². The Bertz CT molecular complexity index is 458. The Morgan fingerprint density at radius 3 is 3.00 bits per heavy atom. The standard InChI is InChI=1S/C10H12N4OS/c1-15-5-8-4-9(14-11)13-10(12-8)7-2-3-16-6-7/h2-4,6H,5,11H2,1H3,(H,12,13,14). The molecule has 0 aliphatic heterocycles. The third-order valence-corrected chi connectivity index (χ3v) is 2.68. The molecule has 2 aromatic heterocycles. The number of ether oxygens (including phenoxy) is 1. The molecule has 0 saturated heterocycles. The van der Waals surface area contributed by atoms with Crippen LogP contribution in [0.3, 0.4) is 0 Å². The first-order valence-electron chi connectivity index (χ1n) is 4.69. The monoisotopic (exact) mass is 236 g/mol. The zero-order valence-electron chi connectivity index (χ0n) is 8.80. The van der Waals surface area contributed by atoms with Crippen LogP contribution >= 0.6 is 11.3 Å². The number of anilines is 1. The molecule has 84 valence electrons. The Morgan fingerprint density at radius 1 is 1.50 bits per heavy atom. The predicted octanol–water partition coefficient (Wildman–Crippen LogP) is 1.64. The Balaban J connectivity index is 2.41. The third-order valence-electron chi connectivity index (χ3n) is 2.00. The second-order valence-corrected chi connectivity index (χ2v) is 3.94. The van der Waals surface area contributed by atoms with Crippen LogP contribution in [0, 0.1) is 0 Å². The second kappa shape index (κ2) is 5.02. The number of nitrogens with two attached hydrogens (primary N) is 1. The molecule has 3 N–H and O–H groups in total. The fourth-order valence-electron chi connectivity index (χ4n) is 1.31. The Labute approximate surface area is 97.3 Å². The summed E-state index contributed by atoms with van der Waals surface area (Å²) in [5, 5.41) is 3.98. The number of nitrogens with zero attached hydrogens (tertiary/aromatic N) is 2. The van der Waals surface area contributed by atoms with Crippen molar-refractivity contribution in [2.75, 3.05) is 12.5 Å². The fraction of sp³-hybridized carbons (Fsp3) is 0.200. The number of nitrogens with one attached hydrogen (secondary N) is 1. The number of nitrogen functional groups attached to an aromatic ring is 1. The zero-order chi connectivity index (χ0) is 11.4. The number of rotatable bonds is 4. The molecular weight excluding hydrogens is 224 g/mol. The van der Waals surface area contributed by atoms with Crippen LogP contribution in [0.4, 0.5) is 5.82 Å². The van der Waals surface area contributed by atoms with Crippen molar-refractivity contribution in [3.8, 4) is 11.4 Å². The maximum absolute atomic E-state index is 5.36. The lowest BCUT2D eigenvalue weighted by Crippen LogP contribution is -2.10. The topological polar surface area (TPSA) is 73.1 Å². The van der Waals surface area contributed by atoms with Crippen LogP contribution in [0.2, 0.25) is 0 Å². The minimum atomic E-state index is 0.439. The molecule has 0 aliphatic rings. The lowest BCUT2D eigenvalue weighted by atomic mass is 10.3. The van der Waals surface area contributed by atoms with Crippen LogP contribution < -0.4 is 11.3 Å². The van der Waals surface area contributed by atoms with Gasteiger partial charge in [0.1, 0.15) is 5.82 Å². The second-order valence-electron chi connectivity index (χ2n) is 3.16. The van der Waals surface area contributed by atoms with Crippen LogP contribution in [0.5, 0.6) is 0 Å². The molecule has 2 aromatic rings. The molecule has 0 atom stereocenters. The summed E-state index contributed by atoms with van der Waals surface area (Å²) in [6, 6.07) is 3.73. The van der Waals surface area contributed by atoms with E-state index in [1.54, 1.807) is 24.5 Å². The van der Waals surface area contributed by atoms with E-state index >= 15 is 0 Å². The molecule has 0 amide bonds. The first kappa shape index (κ1) is 11.0. The van der Waals surface area contributed by atoms with E-state index < -0.39 is 0 Å². The molecule has 0 radical (unpaired) electrons. The maximum atomic E-state index is 5.36. The SMILES string of the molecule is COCc1cc(NN)nc(-c2ccsc2)n1. The van der Waals surface area contributed by atoms with E-state index in [1.807, 2.05) is 16.8 Å². The van der Waals surface area contributed by atoms with E-state index in [4.69, 9.17) is 10.6 Å². The Hall–Kier alpha value is -1.50. The van der Waals surface area contributed by atoms with Crippen molar-refractivity contribution in [2.45, 2.75) is 6.61 Å². The minimum absolute atomic E-state index is 0.439. The van der Waals surface area contributed by atoms with E-state index in [1.165, 1.54) is 0 Å². The predicted molar refractivity (Wildman–Crippen MR) is 63.9 cm³/mol. The molecule has 6 heteroatoms. The molecule has 2 rings (SSSR count). The summed E-state index contributed by atoms with van der Waals surface area (Å²) in [4.78, 5) is 8.67. The molecule has 0 spiro atoms. The summed E-state index contributed by atoms with van der Waals surface area (Å²) in [6.07, 6.45) is 0. The summed E-state index contributed by atoms with van der Waals surface area (Å²) in [7, 11) is 1.63. The van der Waals surface area contributed by atoms with Gasteiger partial charge in [-0.3, -0.25) is 0 Å². The van der Waals surface area contributed by atoms with E-state index in [0.717, 1.165) is 11.3 Å². The Morgan fingerprint density at radius 2 is 2.38 bits per heavy atom. The van der Waals surface area contributed by atoms with Crippen LogP contribution in [0.15, 0.2) is 22.9 Å². The van der Waals surface area contributed by atoms with Crippen LogP contribution in [0.1, 0.15) is 5.69 Å². The van der Waals surface area contributed by atoms with Crippen LogP contribution in [-0.4, -0.2) is 17.1 Å². The molecule has 0 aliphatic carbocycles. The highest BCUT2D eigenvalue weighted by molar-refractivity contribution is 7.08. The molecular formula is C10H12N4OS. The van der Waals surface area contributed by atoms with Gasteiger partial charge in [0.25, 0.3) is 0 Å². The van der Waals surface area contributed by atoms with E-state index in [0.29, 0.717) is 18.2 Å². The largest absolute Gasteiger partial charge is 0.378 e. The summed E-state index contributed by atoms with van der Waals surface area (Å²) >= 11 is 1.60. The average Bonchev–Trinajstić information content (AvgIpc) is 2.82. The van der Waals surface area contributed by atoms with Crippen molar-refractivity contribution in [3.05, 3.63) is 28.6 Å². The van der Waals surface area contributed by atoms with Gasteiger partial charge < -0.3 is 10.2 Å². The van der Waals surface area contributed by atoms with Gasteiger partial charge in [0.05, 0.1) is 12.3 Å². The first-order chi connectivity index (χ1) is 7.83. The first-order valence-corrected chi connectivity index (χ1v) is 5.64. The van der Waals surface area contributed by atoms with Gasteiger partial charge in [-0.2, -0.15) is 11.3 Å². The van der Waals surface area contributed by atoms with Crippen molar-refractivity contribution in [1.82, 2.24) is 9.97 Å². The number of hydrogen-bond donors (Lipinski definition) is 2. The van der Waals surface area contributed by atoms with Crippen molar-refractivity contribution < 1.29 is 4.74 Å². The third kappa shape index (κ3) is 2.35. The highest BCUT2D eigenvalue weighted by Gasteiger charge is 2.06. The maximum Gasteiger partial charge on any atom is 0.162 e. The van der Waals surface area contributed by atoms with Crippen LogP contribution in [-0.2, 0) is 11.3 Å². The van der Waals surface area contributed by atoms with Gasteiger partial charge in [-0.05, 0) is 11.4 Å². The molecule has 0 unspecified atom stereocenters. The van der Waals surface area contributed by atoms with E-state index in [-0.39, 0.29) is 0 Å². The molecule has 0 aromatic carbocycles. The molecule has 2 heterocycles. The van der Waals surface area contributed by atoms with Crippen molar-refractivity contribution in [2.24, 2.45) is 5.84 Å². The van der Waals surface area contributed by atoms with Gasteiger partial charge in [0, 0.05) is 24.1 Å². The fourth-order valence-corrected chi connectivity index (χ4v) is 1.95. The molecule has 0 saturated carbocycles. The highest BCUT2D eigenvalue weighted by Crippen LogP contribution is 2.20. The quantitative estimate of drug-likeness (QED) is 0.623. The number of hydrogen-bond acceptors (Lipinski definition) is 6. The molecule has 5 nitrogen and oxygen atoms in total. The summed E-state index contributed by atoms with van der Waals surface area (Å²) in [6.45, 7) is 0.439. The van der Waals surface area contributed by atoms with Gasteiger partial charge in [-0.25, -0.2) is 15.8 Å². The van der Waals surface area contributed by atoms with E-state index in [2.05, 4.69) is 15.4 Å². The smallest absolute Gasteiger partial charge is 0.162 e. The molecule has 0 fully saturated rings. The van der Waals surface area contributed by atoms with Crippen molar-refractivity contribution >= 4 is 17.2 Å². The summed E-state index contributed by atoms with van der Waals surface area (Å²) < 4.78 is 5.04. The van der Waals surface area contributed by atoms with Gasteiger partial charge >= 0.3 is 0 Å². The normalized spacial score (nSPS) is 10.4. The summed E-state index contributed by atoms with van der Waals surface area (Å²) in [5.41, 5.74) is 4.31. The molecule has 16 heavy (non-hydrogen) atoms.